The normalized spacial score (nSPS) is 10.6. The smallest absolute Gasteiger partial charge is 0.321 e. The number of phenolic OH excluding ortho intramolecular Hbond substituents is 1. The lowest BCUT2D eigenvalue weighted by atomic mass is 10.2. The molecule has 0 bridgehead atoms. The second kappa shape index (κ2) is 14.8. The number of rotatable bonds is 6. The summed E-state index contributed by atoms with van der Waals surface area (Å²) in [6.45, 7) is 0.391. The highest BCUT2D eigenvalue weighted by Crippen LogP contribution is 2.29. The molecule has 3 aromatic rings. The van der Waals surface area contributed by atoms with E-state index in [1.807, 2.05) is 6.07 Å². The zero-order chi connectivity index (χ0) is 24.8. The molecule has 0 radical (unpaired) electrons. The van der Waals surface area contributed by atoms with Crippen molar-refractivity contribution in [2.75, 3.05) is 6.54 Å². The second-order valence-corrected chi connectivity index (χ2v) is 7.20. The van der Waals surface area contributed by atoms with Crippen molar-refractivity contribution in [3.63, 3.8) is 0 Å². The Morgan fingerprint density at radius 2 is 1.64 bits per heavy atom. The molecule has 0 spiro atoms. The Morgan fingerprint density at radius 3 is 2.12 bits per heavy atom. The number of carboxylic acid groups (broad SMARTS) is 1. The molecule has 3 rings (SSSR count). The van der Waals surface area contributed by atoms with Crippen LogP contribution in [0.25, 0.3) is 0 Å². The van der Waals surface area contributed by atoms with Crippen LogP contribution in [0.4, 0.5) is 0 Å². The van der Waals surface area contributed by atoms with E-state index in [9.17, 15) is 9.59 Å². The van der Waals surface area contributed by atoms with Gasteiger partial charge in [-0.1, -0.05) is 53.5 Å². The van der Waals surface area contributed by atoms with Crippen molar-refractivity contribution in [3.8, 4) is 17.2 Å². The molecular formula is C23H25Cl2N3O5. The van der Waals surface area contributed by atoms with E-state index in [0.717, 1.165) is 11.8 Å². The van der Waals surface area contributed by atoms with Crippen LogP contribution in [0.3, 0.4) is 0 Å². The van der Waals surface area contributed by atoms with Crippen LogP contribution >= 0.6 is 23.2 Å². The van der Waals surface area contributed by atoms with Gasteiger partial charge in [0.25, 0.3) is 0 Å². The third kappa shape index (κ3) is 10.3. The zero-order valence-corrected chi connectivity index (χ0v) is 19.0. The maximum absolute atomic E-state index is 10.6. The van der Waals surface area contributed by atoms with E-state index in [-0.39, 0.29) is 12.3 Å². The summed E-state index contributed by atoms with van der Waals surface area (Å²) in [6, 6.07) is 18.0. The number of aromatic hydroxyl groups is 1. The average molecular weight is 494 g/mol. The van der Waals surface area contributed by atoms with Crippen LogP contribution in [0.2, 0.25) is 10.0 Å². The summed E-state index contributed by atoms with van der Waals surface area (Å²) in [5, 5.41) is 17.9. The van der Waals surface area contributed by atoms with Crippen molar-refractivity contribution < 1.29 is 24.5 Å². The van der Waals surface area contributed by atoms with Gasteiger partial charge in [0.15, 0.2) is 0 Å². The molecule has 10 heteroatoms. The van der Waals surface area contributed by atoms with Gasteiger partial charge >= 0.3 is 5.97 Å². The lowest BCUT2D eigenvalue weighted by molar-refractivity contribution is -0.138. The summed E-state index contributed by atoms with van der Waals surface area (Å²) in [7, 11) is 0. The highest BCUT2D eigenvalue weighted by atomic mass is 35.5. The molecule has 0 fully saturated rings. The van der Waals surface area contributed by atoms with Crippen LogP contribution in [-0.2, 0) is 11.3 Å². The number of carbonyl (C=O) groups excluding carboxylic acids is 1. The molecule has 176 valence electrons. The van der Waals surface area contributed by atoms with E-state index in [2.05, 4.69) is 0 Å². The topological polar surface area (TPSA) is 162 Å². The molecule has 0 aliphatic rings. The Morgan fingerprint density at radius 1 is 0.970 bits per heavy atom. The molecular weight excluding hydrogens is 469 g/mol. The molecule has 33 heavy (non-hydrogen) atoms. The maximum atomic E-state index is 10.6. The van der Waals surface area contributed by atoms with Crippen LogP contribution in [0.5, 0.6) is 17.2 Å². The van der Waals surface area contributed by atoms with Crippen LogP contribution in [0.15, 0.2) is 66.7 Å². The lowest BCUT2D eigenvalue weighted by Gasteiger charge is -2.06. The third-order valence-electron chi connectivity index (χ3n) is 3.90. The Balaban J connectivity index is 0.000000286. The number of aliphatic carboxylic acids is 1. The number of aldehydes is 1. The van der Waals surface area contributed by atoms with Gasteiger partial charge in [0.2, 0.25) is 0 Å². The SMILES string of the molecule is NCC(N)C(=O)O.NCc1ccccc1O.O=Cc1cccc(Oc2ccc(Cl)c(Cl)c2)c1. The lowest BCUT2D eigenvalue weighted by Crippen LogP contribution is -2.37. The van der Waals surface area contributed by atoms with Crippen molar-refractivity contribution in [2.24, 2.45) is 17.2 Å². The number of hydrogen-bond donors (Lipinski definition) is 5. The van der Waals surface area contributed by atoms with E-state index in [0.29, 0.717) is 33.7 Å². The first-order valence-electron chi connectivity index (χ1n) is 9.55. The quantitative estimate of drug-likeness (QED) is 0.323. The molecule has 0 aliphatic heterocycles. The second-order valence-electron chi connectivity index (χ2n) is 6.38. The van der Waals surface area contributed by atoms with Gasteiger partial charge in [0.1, 0.15) is 29.6 Å². The zero-order valence-electron chi connectivity index (χ0n) is 17.5. The van der Waals surface area contributed by atoms with E-state index in [1.165, 1.54) is 0 Å². The van der Waals surface area contributed by atoms with E-state index in [4.69, 9.17) is 55.4 Å². The number of halogens is 2. The summed E-state index contributed by atoms with van der Waals surface area (Å²) < 4.78 is 5.55. The van der Waals surface area contributed by atoms with Gasteiger partial charge in [-0.2, -0.15) is 0 Å². The predicted octanol–water partition coefficient (Wildman–Crippen LogP) is 3.81. The van der Waals surface area contributed by atoms with E-state index < -0.39 is 12.0 Å². The van der Waals surface area contributed by atoms with Gasteiger partial charge in [0.05, 0.1) is 10.0 Å². The number of ether oxygens (including phenoxy) is 1. The van der Waals surface area contributed by atoms with Gasteiger partial charge in [0, 0.05) is 30.3 Å². The Hall–Kier alpha value is -3.14. The minimum Gasteiger partial charge on any atom is -0.508 e. The molecule has 0 aromatic heterocycles. The Kier molecular flexibility index (Phi) is 12.5. The first-order valence-corrected chi connectivity index (χ1v) is 10.3. The summed E-state index contributed by atoms with van der Waals surface area (Å²) in [5.41, 5.74) is 16.4. The monoisotopic (exact) mass is 493 g/mol. The summed E-state index contributed by atoms with van der Waals surface area (Å²) >= 11 is 11.7. The first-order chi connectivity index (χ1) is 15.7. The number of carboxylic acids is 1. The average Bonchev–Trinajstić information content (AvgIpc) is 2.82. The molecule has 0 saturated heterocycles. The molecule has 8 nitrogen and oxygen atoms in total. The minimum atomic E-state index is -1.05. The van der Waals surface area contributed by atoms with E-state index in [1.54, 1.807) is 60.7 Å². The van der Waals surface area contributed by atoms with Gasteiger partial charge in [-0.3, -0.25) is 9.59 Å². The largest absolute Gasteiger partial charge is 0.508 e. The van der Waals surface area contributed by atoms with Crippen molar-refractivity contribution in [3.05, 3.63) is 87.9 Å². The highest BCUT2D eigenvalue weighted by Gasteiger charge is 2.06. The minimum absolute atomic E-state index is 0.00463. The van der Waals surface area contributed by atoms with Gasteiger partial charge < -0.3 is 32.2 Å². The van der Waals surface area contributed by atoms with Crippen LogP contribution < -0.4 is 21.9 Å². The molecule has 1 unspecified atom stereocenters. The van der Waals surface area contributed by atoms with Crippen LogP contribution in [-0.4, -0.2) is 35.1 Å². The number of benzene rings is 3. The molecule has 0 saturated carbocycles. The number of phenols is 1. The Labute approximate surface area is 201 Å². The van der Waals surface area contributed by atoms with Crippen LogP contribution in [0.1, 0.15) is 15.9 Å². The number of hydrogen-bond acceptors (Lipinski definition) is 7. The van der Waals surface area contributed by atoms with Crippen LogP contribution in [0, 0.1) is 0 Å². The number of carbonyl (C=O) groups is 2. The molecule has 0 heterocycles. The maximum Gasteiger partial charge on any atom is 0.321 e. The van der Waals surface area contributed by atoms with Crippen molar-refractivity contribution >= 4 is 35.5 Å². The highest BCUT2D eigenvalue weighted by molar-refractivity contribution is 6.42. The molecule has 0 amide bonds. The summed E-state index contributed by atoms with van der Waals surface area (Å²) in [5.74, 6) is 0.373. The Bertz CT molecular complexity index is 1050. The fraction of sp³-hybridized carbons (Fsp3) is 0.130. The fourth-order valence-electron chi connectivity index (χ4n) is 2.11. The molecule has 8 N–H and O–H groups in total. The standard InChI is InChI=1S/C13H8Cl2O2.C7H9NO.C3H8N2O2/c14-12-5-4-11(7-13(12)15)17-10-3-1-2-9(6-10)8-16;8-5-6-3-1-2-4-7(6)9;4-1-2(5)3(6)7/h1-8H;1-4,9H,5,8H2;2H,1,4-5H2,(H,6,7). The van der Waals surface area contributed by atoms with Gasteiger partial charge in [-0.25, -0.2) is 0 Å². The van der Waals surface area contributed by atoms with Crippen molar-refractivity contribution in [1.29, 1.82) is 0 Å². The number of para-hydroxylation sites is 1. The fourth-order valence-corrected chi connectivity index (χ4v) is 2.40. The number of nitrogens with two attached hydrogens (primary N) is 3. The van der Waals surface area contributed by atoms with Crippen molar-refractivity contribution in [2.45, 2.75) is 12.6 Å². The summed E-state index contributed by atoms with van der Waals surface area (Å²) in [6.07, 6.45) is 0.766. The summed E-state index contributed by atoms with van der Waals surface area (Å²) in [4.78, 5) is 20.3. The molecule has 3 aromatic carbocycles. The van der Waals surface area contributed by atoms with Gasteiger partial charge in [-0.05, 0) is 30.3 Å². The van der Waals surface area contributed by atoms with E-state index >= 15 is 0 Å². The predicted molar refractivity (Wildman–Crippen MR) is 129 cm³/mol. The third-order valence-corrected chi connectivity index (χ3v) is 4.64. The molecule has 1 atom stereocenters. The molecule has 0 aliphatic carbocycles. The first kappa shape index (κ1) is 27.9. The van der Waals surface area contributed by atoms with Crippen molar-refractivity contribution in [1.82, 2.24) is 0 Å². The van der Waals surface area contributed by atoms with Gasteiger partial charge in [-0.15, -0.1) is 0 Å².